The van der Waals surface area contributed by atoms with Crippen molar-refractivity contribution >= 4 is 34.9 Å². The summed E-state index contributed by atoms with van der Waals surface area (Å²) >= 11 is 5.79. The van der Waals surface area contributed by atoms with Crippen LogP contribution in [-0.2, 0) is 14.3 Å². The summed E-state index contributed by atoms with van der Waals surface area (Å²) in [4.78, 5) is 32.7. The number of nitrogens with zero attached hydrogens (tertiary/aromatic N) is 2. The highest BCUT2D eigenvalue weighted by Gasteiger charge is 2.25. The van der Waals surface area contributed by atoms with Gasteiger partial charge in [0.15, 0.2) is 0 Å². The summed E-state index contributed by atoms with van der Waals surface area (Å²) in [6.07, 6.45) is 0. The molecular formula is C11H8ClN3O5. The fraction of sp³-hybridized carbons (Fsp3) is 0.182. The van der Waals surface area contributed by atoms with Gasteiger partial charge < -0.3 is 10.1 Å². The van der Waals surface area contributed by atoms with E-state index in [0.717, 1.165) is 12.1 Å². The maximum atomic E-state index is 11.5. The molecule has 8 nitrogen and oxygen atoms in total. The van der Waals surface area contributed by atoms with Gasteiger partial charge in [-0.25, -0.2) is 4.79 Å². The molecule has 0 saturated heterocycles. The summed E-state index contributed by atoms with van der Waals surface area (Å²) < 4.78 is 4.44. The van der Waals surface area contributed by atoms with Crippen LogP contribution in [0.25, 0.3) is 0 Å². The maximum Gasteiger partial charge on any atom is 0.397 e. The van der Waals surface area contributed by atoms with Gasteiger partial charge in [0.2, 0.25) is 0 Å². The Kier molecular flexibility index (Phi) is 5.00. The summed E-state index contributed by atoms with van der Waals surface area (Å²) in [5.41, 5.74) is -1.03. The first-order valence-electron chi connectivity index (χ1n) is 5.27. The van der Waals surface area contributed by atoms with E-state index >= 15 is 0 Å². The highest BCUT2D eigenvalue weighted by molar-refractivity contribution is 6.40. The molecule has 0 fully saturated rings. The minimum Gasteiger partial charge on any atom is -0.459 e. The minimum absolute atomic E-state index is 0.0275. The Morgan fingerprint density at radius 3 is 2.70 bits per heavy atom. The number of benzene rings is 1. The molecule has 20 heavy (non-hydrogen) atoms. The molecule has 104 valence electrons. The second-order valence-electron chi connectivity index (χ2n) is 3.36. The number of ether oxygens (including phenoxy) is 1. The number of carbonyl (C=O) groups excluding carboxylic acids is 2. The van der Waals surface area contributed by atoms with Crippen LogP contribution in [-0.4, -0.2) is 23.4 Å². The van der Waals surface area contributed by atoms with E-state index in [0.29, 0.717) is 0 Å². The topological polar surface area (TPSA) is 122 Å². The molecular weight excluding hydrogens is 290 g/mol. The van der Waals surface area contributed by atoms with Crippen molar-refractivity contribution in [3.63, 3.8) is 0 Å². The highest BCUT2D eigenvalue weighted by Crippen LogP contribution is 2.34. The first-order valence-corrected chi connectivity index (χ1v) is 5.65. The molecule has 0 bridgehead atoms. The van der Waals surface area contributed by atoms with E-state index in [1.807, 2.05) is 5.32 Å². The average molecular weight is 298 g/mol. The number of rotatable bonds is 3. The smallest absolute Gasteiger partial charge is 0.397 e. The van der Waals surface area contributed by atoms with Gasteiger partial charge >= 0.3 is 11.9 Å². The number of esters is 1. The second kappa shape index (κ2) is 6.49. The van der Waals surface area contributed by atoms with E-state index in [1.54, 1.807) is 6.07 Å². The zero-order chi connectivity index (χ0) is 15.3. The molecule has 9 heteroatoms. The van der Waals surface area contributed by atoms with Gasteiger partial charge in [0, 0.05) is 6.07 Å². The lowest BCUT2D eigenvalue weighted by Gasteiger charge is -2.08. The largest absolute Gasteiger partial charge is 0.459 e. The minimum atomic E-state index is -1.22. The lowest BCUT2D eigenvalue weighted by atomic mass is 10.2. The molecule has 0 spiro atoms. The summed E-state index contributed by atoms with van der Waals surface area (Å²) in [6, 6.07) is 3.85. The van der Waals surface area contributed by atoms with Crippen LogP contribution in [0.4, 0.5) is 11.4 Å². The number of hydrogen-bond donors (Lipinski definition) is 1. The number of nitro benzene ring substituents is 1. The zero-order valence-corrected chi connectivity index (χ0v) is 10.9. The standard InChI is InChI=1S/C11H8ClN3O5/c1-2-20-11(17)10(16)14-9-7(15(18)19)4-3-6(5-13)8(9)12/h3-4H,2H2,1H3,(H,14,16). The lowest BCUT2D eigenvalue weighted by molar-refractivity contribution is -0.383. The molecule has 1 amide bonds. The quantitative estimate of drug-likeness (QED) is 0.391. The second-order valence-corrected chi connectivity index (χ2v) is 3.74. The summed E-state index contributed by atoms with van der Waals surface area (Å²) in [7, 11) is 0. The van der Waals surface area contributed by atoms with Crippen LogP contribution in [0, 0.1) is 21.4 Å². The fourth-order valence-electron chi connectivity index (χ4n) is 1.28. The molecule has 0 aromatic heterocycles. The third kappa shape index (κ3) is 3.21. The van der Waals surface area contributed by atoms with E-state index < -0.39 is 28.2 Å². The predicted octanol–water partition coefficient (Wildman–Crippen LogP) is 1.62. The van der Waals surface area contributed by atoms with Crippen molar-refractivity contribution in [2.24, 2.45) is 0 Å². The number of carbonyl (C=O) groups is 2. The Hall–Kier alpha value is -2.66. The molecule has 1 aromatic carbocycles. The zero-order valence-electron chi connectivity index (χ0n) is 10.2. The van der Waals surface area contributed by atoms with E-state index in [4.69, 9.17) is 16.9 Å². The number of amides is 1. The van der Waals surface area contributed by atoms with Crippen molar-refractivity contribution in [1.29, 1.82) is 5.26 Å². The van der Waals surface area contributed by atoms with Gasteiger partial charge in [-0.05, 0) is 13.0 Å². The highest BCUT2D eigenvalue weighted by atomic mass is 35.5. The Morgan fingerprint density at radius 2 is 2.20 bits per heavy atom. The number of nitriles is 1. The van der Waals surface area contributed by atoms with Crippen LogP contribution < -0.4 is 5.32 Å². The maximum absolute atomic E-state index is 11.5. The summed E-state index contributed by atoms with van der Waals surface area (Å²) in [6.45, 7) is 1.47. The molecule has 0 heterocycles. The average Bonchev–Trinajstić information content (AvgIpc) is 2.40. The number of anilines is 1. The van der Waals surface area contributed by atoms with E-state index in [-0.39, 0.29) is 17.2 Å². The van der Waals surface area contributed by atoms with Crippen LogP contribution >= 0.6 is 11.6 Å². The predicted molar refractivity (Wildman–Crippen MR) is 68.1 cm³/mol. The van der Waals surface area contributed by atoms with Crippen molar-refractivity contribution in [3.05, 3.63) is 32.8 Å². The lowest BCUT2D eigenvalue weighted by Crippen LogP contribution is -2.25. The van der Waals surface area contributed by atoms with Crippen LogP contribution in [0.3, 0.4) is 0 Å². The van der Waals surface area contributed by atoms with Crippen LogP contribution in [0.15, 0.2) is 12.1 Å². The molecule has 0 atom stereocenters. The van der Waals surface area contributed by atoms with Gasteiger partial charge in [-0.2, -0.15) is 5.26 Å². The molecule has 0 radical (unpaired) electrons. The third-order valence-corrected chi connectivity index (χ3v) is 2.53. The van der Waals surface area contributed by atoms with Crippen LogP contribution in [0.2, 0.25) is 5.02 Å². The van der Waals surface area contributed by atoms with Gasteiger partial charge in [0.25, 0.3) is 5.69 Å². The van der Waals surface area contributed by atoms with Crippen LogP contribution in [0.1, 0.15) is 12.5 Å². The Balaban J connectivity index is 3.22. The van der Waals surface area contributed by atoms with Gasteiger partial charge in [0.05, 0.1) is 22.1 Å². The van der Waals surface area contributed by atoms with Crippen LogP contribution in [0.5, 0.6) is 0 Å². The van der Waals surface area contributed by atoms with E-state index in [9.17, 15) is 19.7 Å². The van der Waals surface area contributed by atoms with Gasteiger partial charge in [0.1, 0.15) is 11.8 Å². The molecule has 0 aliphatic heterocycles. The molecule has 1 rings (SSSR count). The van der Waals surface area contributed by atoms with Crippen molar-refractivity contribution in [3.8, 4) is 6.07 Å². The fourth-order valence-corrected chi connectivity index (χ4v) is 1.53. The molecule has 0 aliphatic carbocycles. The summed E-state index contributed by atoms with van der Waals surface area (Å²) in [5.74, 6) is -2.42. The van der Waals surface area contributed by atoms with Crippen molar-refractivity contribution < 1.29 is 19.2 Å². The SMILES string of the molecule is CCOC(=O)C(=O)Nc1c([N+](=O)[O-])ccc(C#N)c1Cl. The normalized spacial score (nSPS) is 9.45. The van der Waals surface area contributed by atoms with Gasteiger partial charge in [-0.3, -0.25) is 14.9 Å². The molecule has 1 N–H and O–H groups in total. The van der Waals surface area contributed by atoms with Crippen molar-refractivity contribution in [1.82, 2.24) is 0 Å². The van der Waals surface area contributed by atoms with Gasteiger partial charge in [-0.1, -0.05) is 11.6 Å². The van der Waals surface area contributed by atoms with Crippen molar-refractivity contribution in [2.75, 3.05) is 11.9 Å². The number of halogens is 1. The van der Waals surface area contributed by atoms with E-state index in [1.165, 1.54) is 6.92 Å². The number of hydrogen-bond acceptors (Lipinski definition) is 6. The third-order valence-electron chi connectivity index (χ3n) is 2.14. The van der Waals surface area contributed by atoms with Gasteiger partial charge in [-0.15, -0.1) is 0 Å². The Labute approximate surface area is 118 Å². The van der Waals surface area contributed by atoms with Crippen molar-refractivity contribution in [2.45, 2.75) is 6.92 Å². The molecule has 0 saturated carbocycles. The monoisotopic (exact) mass is 297 g/mol. The first kappa shape index (κ1) is 15.4. The molecule has 1 aromatic rings. The molecule has 0 aliphatic rings. The number of nitrogens with one attached hydrogen (secondary N) is 1. The summed E-state index contributed by atoms with van der Waals surface area (Å²) in [5, 5.41) is 21.3. The Bertz CT molecular complexity index is 623. The Morgan fingerprint density at radius 1 is 1.55 bits per heavy atom. The first-order chi connectivity index (χ1) is 9.42. The number of nitro groups is 1. The molecule has 0 unspecified atom stereocenters. The van der Waals surface area contributed by atoms with E-state index in [2.05, 4.69) is 4.74 Å².